The third kappa shape index (κ3) is 2.85. The highest BCUT2D eigenvalue weighted by molar-refractivity contribution is 6.29. The summed E-state index contributed by atoms with van der Waals surface area (Å²) in [7, 11) is 3.27. The van der Waals surface area contributed by atoms with Crippen molar-refractivity contribution in [2.24, 2.45) is 0 Å². The smallest absolute Gasteiger partial charge is 0.288 e. The zero-order valence-electron chi connectivity index (χ0n) is 11.0. The van der Waals surface area contributed by atoms with E-state index in [1.54, 1.807) is 43.3 Å². The Balaban J connectivity index is 2.23. The van der Waals surface area contributed by atoms with Gasteiger partial charge in [-0.3, -0.25) is 10.1 Å². The summed E-state index contributed by atoms with van der Waals surface area (Å²) in [4.78, 5) is 12.3. The molecule has 1 aromatic rings. The predicted molar refractivity (Wildman–Crippen MR) is 77.2 cm³/mol. The Kier molecular flexibility index (Phi) is 4.14. The molecule has 0 aliphatic carbocycles. The first kappa shape index (κ1) is 14.2. The second kappa shape index (κ2) is 5.83. The van der Waals surface area contributed by atoms with Gasteiger partial charge in [0.1, 0.15) is 10.9 Å². The van der Waals surface area contributed by atoms with Gasteiger partial charge in [-0.15, -0.1) is 0 Å². The topological polar surface area (TPSA) is 67.6 Å². The van der Waals surface area contributed by atoms with Crippen molar-refractivity contribution in [3.63, 3.8) is 0 Å². The highest BCUT2D eigenvalue weighted by atomic mass is 35.5. The third-order valence-corrected chi connectivity index (χ3v) is 3.39. The van der Waals surface area contributed by atoms with Crippen LogP contribution < -0.4 is 10.1 Å². The molecule has 1 heterocycles. The lowest BCUT2D eigenvalue weighted by Gasteiger charge is -2.30. The summed E-state index contributed by atoms with van der Waals surface area (Å²) in [5, 5.41) is 14.6. The van der Waals surface area contributed by atoms with Crippen LogP contribution in [0.1, 0.15) is 0 Å². The van der Waals surface area contributed by atoms with Gasteiger partial charge in [0.25, 0.3) is 5.70 Å². The van der Waals surface area contributed by atoms with Gasteiger partial charge >= 0.3 is 0 Å². The number of ether oxygens (including phenoxy) is 1. The van der Waals surface area contributed by atoms with Crippen LogP contribution in [-0.4, -0.2) is 30.1 Å². The van der Waals surface area contributed by atoms with Gasteiger partial charge in [-0.25, -0.2) is 0 Å². The summed E-state index contributed by atoms with van der Waals surface area (Å²) in [5.74, 6) is 0.718. The van der Waals surface area contributed by atoms with E-state index in [1.165, 1.54) is 12.2 Å². The minimum absolute atomic E-state index is 0.0349. The number of methoxy groups -OCH3 is 1. The number of nitrogens with zero attached hydrogens (tertiary/aromatic N) is 2. The Morgan fingerprint density at radius 1 is 1.35 bits per heavy atom. The molecule has 1 aliphatic rings. The molecule has 0 bridgehead atoms. The van der Waals surface area contributed by atoms with E-state index in [2.05, 4.69) is 5.32 Å². The number of allylic oxidation sites excluding steroid dienone is 2. The molecule has 106 valence electrons. The van der Waals surface area contributed by atoms with Crippen LogP contribution in [-0.2, 0) is 0 Å². The highest BCUT2D eigenvalue weighted by Gasteiger charge is 2.31. The first-order chi connectivity index (χ1) is 9.52. The van der Waals surface area contributed by atoms with Crippen LogP contribution >= 0.6 is 11.6 Å². The number of hydrogen-bond acceptors (Lipinski definition) is 5. The van der Waals surface area contributed by atoms with Crippen LogP contribution in [0, 0.1) is 10.1 Å². The van der Waals surface area contributed by atoms with E-state index in [-0.39, 0.29) is 5.70 Å². The quantitative estimate of drug-likeness (QED) is 0.525. The molecular weight excluding hydrogens is 282 g/mol. The Morgan fingerprint density at radius 2 is 2.00 bits per heavy atom. The van der Waals surface area contributed by atoms with Crippen molar-refractivity contribution in [1.29, 1.82) is 0 Å². The van der Waals surface area contributed by atoms with E-state index >= 15 is 0 Å². The fourth-order valence-electron chi connectivity index (χ4n) is 1.86. The number of anilines is 1. The molecule has 0 aromatic heterocycles. The molecule has 1 aliphatic heterocycles. The molecule has 1 N–H and O–H groups in total. The molecule has 1 aromatic carbocycles. The van der Waals surface area contributed by atoms with E-state index in [0.29, 0.717) is 5.16 Å². The van der Waals surface area contributed by atoms with Gasteiger partial charge in [0, 0.05) is 18.8 Å². The van der Waals surface area contributed by atoms with Gasteiger partial charge in [-0.2, -0.15) is 0 Å². The maximum atomic E-state index is 11.1. The van der Waals surface area contributed by atoms with E-state index in [9.17, 15) is 10.1 Å². The van der Waals surface area contributed by atoms with Gasteiger partial charge in [0.15, 0.2) is 6.17 Å². The average Bonchev–Trinajstić information content (AvgIpc) is 2.44. The normalized spacial score (nSPS) is 18.1. The van der Waals surface area contributed by atoms with Gasteiger partial charge < -0.3 is 15.0 Å². The Morgan fingerprint density at radius 3 is 2.55 bits per heavy atom. The van der Waals surface area contributed by atoms with Gasteiger partial charge in [-0.05, 0) is 30.3 Å². The van der Waals surface area contributed by atoms with E-state index in [4.69, 9.17) is 16.3 Å². The van der Waals surface area contributed by atoms with E-state index < -0.39 is 11.1 Å². The van der Waals surface area contributed by atoms with Crippen LogP contribution in [0.5, 0.6) is 5.75 Å². The monoisotopic (exact) mass is 295 g/mol. The SMILES string of the molecule is COc1ccc(NC2C([N+](=O)[O-])=CC=C(Cl)N2C)cc1. The Hall–Kier alpha value is -2.21. The van der Waals surface area contributed by atoms with Gasteiger partial charge in [-0.1, -0.05) is 11.6 Å². The van der Waals surface area contributed by atoms with E-state index in [0.717, 1.165) is 11.4 Å². The van der Waals surface area contributed by atoms with Crippen molar-refractivity contribution in [3.8, 4) is 5.75 Å². The lowest BCUT2D eigenvalue weighted by molar-refractivity contribution is -0.432. The molecule has 0 saturated heterocycles. The van der Waals surface area contributed by atoms with Crippen molar-refractivity contribution >= 4 is 17.3 Å². The average molecular weight is 296 g/mol. The van der Waals surface area contributed by atoms with Crippen LogP contribution in [0.25, 0.3) is 0 Å². The highest BCUT2D eigenvalue weighted by Crippen LogP contribution is 2.25. The number of nitrogens with one attached hydrogen (secondary N) is 1. The number of hydrogen-bond donors (Lipinski definition) is 1. The second-order valence-electron chi connectivity index (χ2n) is 4.22. The van der Waals surface area contributed by atoms with Gasteiger partial charge in [0.05, 0.1) is 12.0 Å². The largest absolute Gasteiger partial charge is 0.497 e. The number of nitro groups is 1. The number of benzene rings is 1. The molecular formula is C13H14ClN3O3. The Bertz CT molecular complexity index is 569. The molecule has 1 unspecified atom stereocenters. The number of halogens is 1. The zero-order valence-corrected chi connectivity index (χ0v) is 11.8. The lowest BCUT2D eigenvalue weighted by atomic mass is 10.2. The third-order valence-electron chi connectivity index (χ3n) is 3.00. The van der Waals surface area contributed by atoms with Crippen LogP contribution in [0.2, 0.25) is 0 Å². The summed E-state index contributed by atoms with van der Waals surface area (Å²) in [5.41, 5.74) is 0.773. The molecule has 0 fully saturated rings. The molecule has 0 spiro atoms. The van der Waals surface area contributed by atoms with Crippen molar-refractivity contribution in [3.05, 3.63) is 57.4 Å². The number of rotatable bonds is 4. The zero-order chi connectivity index (χ0) is 14.7. The van der Waals surface area contributed by atoms with Crippen molar-refractivity contribution in [2.75, 3.05) is 19.5 Å². The molecule has 1 atom stereocenters. The summed E-state index contributed by atoms with van der Waals surface area (Å²) in [6, 6.07) is 7.13. The summed E-state index contributed by atoms with van der Waals surface area (Å²) >= 11 is 6.01. The molecule has 0 amide bonds. The molecule has 7 heteroatoms. The fourth-order valence-corrected chi connectivity index (χ4v) is 2.02. The van der Waals surface area contributed by atoms with Crippen LogP contribution in [0.15, 0.2) is 47.3 Å². The van der Waals surface area contributed by atoms with Crippen LogP contribution in [0.4, 0.5) is 5.69 Å². The van der Waals surface area contributed by atoms with Gasteiger partial charge in [0.2, 0.25) is 0 Å². The summed E-state index contributed by atoms with van der Waals surface area (Å²) in [6.07, 6.45) is 2.28. The molecule has 0 radical (unpaired) electrons. The van der Waals surface area contributed by atoms with E-state index in [1.807, 2.05) is 0 Å². The maximum Gasteiger partial charge on any atom is 0.288 e. The standard InChI is InChI=1S/C13H14ClN3O3/c1-16-12(14)8-7-11(17(18)19)13(16)15-9-3-5-10(20-2)6-4-9/h3-8,13,15H,1-2H3. The first-order valence-corrected chi connectivity index (χ1v) is 6.26. The van der Waals surface area contributed by atoms with Crippen molar-refractivity contribution in [2.45, 2.75) is 6.17 Å². The summed E-state index contributed by atoms with van der Waals surface area (Å²) in [6.45, 7) is 0. The lowest BCUT2D eigenvalue weighted by Crippen LogP contribution is -2.41. The molecule has 2 rings (SSSR count). The molecule has 20 heavy (non-hydrogen) atoms. The number of likely N-dealkylation sites (N-methyl/N-ethyl adjacent to an activating group) is 1. The fraction of sp³-hybridized carbons (Fsp3) is 0.231. The predicted octanol–water partition coefficient (Wildman–Crippen LogP) is 2.62. The second-order valence-corrected chi connectivity index (χ2v) is 4.61. The first-order valence-electron chi connectivity index (χ1n) is 5.88. The van der Waals surface area contributed by atoms with Crippen LogP contribution in [0.3, 0.4) is 0 Å². The Labute approximate surface area is 121 Å². The van der Waals surface area contributed by atoms with Crippen molar-refractivity contribution < 1.29 is 9.66 Å². The maximum absolute atomic E-state index is 11.1. The minimum Gasteiger partial charge on any atom is -0.497 e. The summed E-state index contributed by atoms with van der Waals surface area (Å²) < 4.78 is 5.07. The molecule has 6 nitrogen and oxygen atoms in total. The minimum atomic E-state index is -0.629. The van der Waals surface area contributed by atoms with Crippen molar-refractivity contribution in [1.82, 2.24) is 4.90 Å². The molecule has 0 saturated carbocycles.